The summed E-state index contributed by atoms with van der Waals surface area (Å²) in [5, 5.41) is 2.17. The summed E-state index contributed by atoms with van der Waals surface area (Å²) >= 11 is 7.70. The molecule has 0 N–H and O–H groups in total. The van der Waals surface area contributed by atoms with Gasteiger partial charge in [0.1, 0.15) is 0 Å². The minimum Gasteiger partial charge on any atom is -0.303 e. The first-order valence-corrected chi connectivity index (χ1v) is 7.60. The predicted molar refractivity (Wildman–Crippen MR) is 72.5 cm³/mol. The number of likely N-dealkylation sites (tertiary alicyclic amines) is 1. The van der Waals surface area contributed by atoms with Crippen LogP contribution in [0.4, 0.5) is 0 Å². The van der Waals surface area contributed by atoms with Crippen LogP contribution in [0, 0.1) is 5.92 Å². The van der Waals surface area contributed by atoms with Gasteiger partial charge in [-0.1, -0.05) is 6.07 Å². The van der Waals surface area contributed by atoms with E-state index in [1.165, 1.54) is 50.2 Å². The van der Waals surface area contributed by atoms with Crippen LogP contribution in [0.2, 0.25) is 0 Å². The zero-order valence-electron chi connectivity index (χ0n) is 9.70. The molecule has 1 nitrogen and oxygen atoms in total. The Bertz CT molecular complexity index is 284. The molecule has 2 rings (SSSR count). The van der Waals surface area contributed by atoms with Crippen molar-refractivity contribution in [3.05, 3.63) is 22.4 Å². The first kappa shape index (κ1) is 12.4. The molecule has 2 heterocycles. The molecule has 16 heavy (non-hydrogen) atoms. The van der Waals surface area contributed by atoms with Gasteiger partial charge in [-0.25, -0.2) is 0 Å². The van der Waals surface area contributed by atoms with Crippen molar-refractivity contribution in [2.24, 2.45) is 5.92 Å². The standard InChI is InChI=1S/C13H20ClNS/c14-7-5-12-3-1-8-15(11-12)9-6-13-4-2-10-16-13/h2,4,10,12H,1,3,5-9,11H2. The molecule has 0 spiro atoms. The van der Waals surface area contributed by atoms with Gasteiger partial charge in [0.15, 0.2) is 0 Å². The monoisotopic (exact) mass is 257 g/mol. The first-order chi connectivity index (χ1) is 7.88. The van der Waals surface area contributed by atoms with Crippen molar-refractivity contribution in [3.63, 3.8) is 0 Å². The zero-order chi connectivity index (χ0) is 11.2. The Labute approximate surface area is 107 Å². The number of piperidine rings is 1. The van der Waals surface area contributed by atoms with Crippen molar-refractivity contribution in [2.45, 2.75) is 25.7 Å². The second-order valence-corrected chi connectivity index (χ2v) is 6.03. The average Bonchev–Trinajstić information content (AvgIpc) is 2.80. The van der Waals surface area contributed by atoms with E-state index < -0.39 is 0 Å². The van der Waals surface area contributed by atoms with E-state index in [1.807, 2.05) is 11.3 Å². The normalized spacial score (nSPS) is 22.4. The molecule has 0 saturated carbocycles. The van der Waals surface area contributed by atoms with Crippen LogP contribution in [0.15, 0.2) is 17.5 Å². The SMILES string of the molecule is ClCCC1CCCN(CCc2cccs2)C1. The van der Waals surface area contributed by atoms with Crippen molar-refractivity contribution in [1.29, 1.82) is 0 Å². The number of alkyl halides is 1. The largest absolute Gasteiger partial charge is 0.303 e. The van der Waals surface area contributed by atoms with Gasteiger partial charge in [0, 0.05) is 23.8 Å². The maximum atomic E-state index is 5.82. The molecule has 1 unspecified atom stereocenters. The van der Waals surface area contributed by atoms with E-state index in [2.05, 4.69) is 22.4 Å². The number of hydrogen-bond acceptors (Lipinski definition) is 2. The molecule has 1 atom stereocenters. The topological polar surface area (TPSA) is 3.24 Å². The van der Waals surface area contributed by atoms with Crippen LogP contribution in [-0.2, 0) is 6.42 Å². The van der Waals surface area contributed by atoms with Gasteiger partial charge in [0.25, 0.3) is 0 Å². The summed E-state index contributed by atoms with van der Waals surface area (Å²) < 4.78 is 0. The number of thiophene rings is 1. The second kappa shape index (κ2) is 6.63. The first-order valence-electron chi connectivity index (χ1n) is 6.19. The molecule has 1 aliphatic heterocycles. The molecule has 0 amide bonds. The molecular weight excluding hydrogens is 238 g/mol. The van der Waals surface area contributed by atoms with Crippen molar-refractivity contribution < 1.29 is 0 Å². The van der Waals surface area contributed by atoms with E-state index in [9.17, 15) is 0 Å². The van der Waals surface area contributed by atoms with E-state index in [-0.39, 0.29) is 0 Å². The third-order valence-electron chi connectivity index (χ3n) is 3.38. The Morgan fingerprint density at radius 2 is 2.44 bits per heavy atom. The van der Waals surface area contributed by atoms with Crippen molar-refractivity contribution in [1.82, 2.24) is 4.90 Å². The van der Waals surface area contributed by atoms with Crippen LogP contribution in [0.5, 0.6) is 0 Å². The van der Waals surface area contributed by atoms with E-state index in [0.717, 1.165) is 11.8 Å². The van der Waals surface area contributed by atoms with Crippen LogP contribution in [-0.4, -0.2) is 30.4 Å². The van der Waals surface area contributed by atoms with Gasteiger partial charge in [-0.15, -0.1) is 22.9 Å². The van der Waals surface area contributed by atoms with Crippen LogP contribution in [0.1, 0.15) is 24.1 Å². The lowest BCUT2D eigenvalue weighted by Gasteiger charge is -2.32. The highest BCUT2D eigenvalue weighted by Gasteiger charge is 2.18. The number of rotatable bonds is 5. The van der Waals surface area contributed by atoms with E-state index >= 15 is 0 Å². The lowest BCUT2D eigenvalue weighted by atomic mass is 9.95. The van der Waals surface area contributed by atoms with E-state index in [1.54, 1.807) is 0 Å². The Morgan fingerprint density at radius 1 is 1.50 bits per heavy atom. The third-order valence-corrected chi connectivity index (χ3v) is 4.53. The summed E-state index contributed by atoms with van der Waals surface area (Å²) in [6.45, 7) is 3.77. The van der Waals surface area contributed by atoms with Gasteiger partial charge in [0.05, 0.1) is 0 Å². The molecule has 0 bridgehead atoms. The maximum Gasteiger partial charge on any atom is 0.0226 e. The van der Waals surface area contributed by atoms with Crippen molar-refractivity contribution >= 4 is 22.9 Å². The lowest BCUT2D eigenvalue weighted by Crippen LogP contribution is -2.36. The zero-order valence-corrected chi connectivity index (χ0v) is 11.3. The van der Waals surface area contributed by atoms with E-state index in [4.69, 9.17) is 11.6 Å². The van der Waals surface area contributed by atoms with Crippen molar-refractivity contribution in [2.75, 3.05) is 25.5 Å². The highest BCUT2D eigenvalue weighted by molar-refractivity contribution is 7.09. The Hall–Kier alpha value is -0.0500. The van der Waals surface area contributed by atoms with E-state index in [0.29, 0.717) is 0 Å². The summed E-state index contributed by atoms with van der Waals surface area (Å²) in [6, 6.07) is 4.39. The van der Waals surface area contributed by atoms with Gasteiger partial charge in [-0.3, -0.25) is 0 Å². The number of nitrogens with zero attached hydrogens (tertiary/aromatic N) is 1. The van der Waals surface area contributed by atoms with Gasteiger partial charge in [0.2, 0.25) is 0 Å². The minimum absolute atomic E-state index is 0.823. The molecule has 1 aliphatic rings. The lowest BCUT2D eigenvalue weighted by molar-refractivity contribution is 0.174. The molecule has 1 fully saturated rings. The van der Waals surface area contributed by atoms with Crippen LogP contribution < -0.4 is 0 Å². The summed E-state index contributed by atoms with van der Waals surface area (Å²) in [5.41, 5.74) is 0. The number of halogens is 1. The highest BCUT2D eigenvalue weighted by atomic mass is 35.5. The predicted octanol–water partition coefficient (Wildman–Crippen LogP) is 3.63. The molecule has 1 aromatic rings. The summed E-state index contributed by atoms with van der Waals surface area (Å²) in [5.74, 6) is 1.67. The molecule has 3 heteroatoms. The van der Waals surface area contributed by atoms with Crippen molar-refractivity contribution in [3.8, 4) is 0 Å². The Balaban J connectivity index is 1.72. The van der Waals surface area contributed by atoms with Gasteiger partial charge < -0.3 is 4.90 Å². The summed E-state index contributed by atoms with van der Waals surface area (Å²) in [7, 11) is 0. The molecule has 1 saturated heterocycles. The number of hydrogen-bond donors (Lipinski definition) is 0. The smallest absolute Gasteiger partial charge is 0.0226 e. The molecule has 90 valence electrons. The van der Waals surface area contributed by atoms with Crippen LogP contribution >= 0.6 is 22.9 Å². The second-order valence-electron chi connectivity index (χ2n) is 4.62. The molecule has 0 aromatic carbocycles. The van der Waals surface area contributed by atoms with Crippen LogP contribution in [0.3, 0.4) is 0 Å². The summed E-state index contributed by atoms with van der Waals surface area (Å²) in [4.78, 5) is 4.12. The fraction of sp³-hybridized carbons (Fsp3) is 0.692. The fourth-order valence-electron chi connectivity index (χ4n) is 2.47. The molecule has 1 aromatic heterocycles. The van der Waals surface area contributed by atoms with Gasteiger partial charge in [-0.05, 0) is 49.6 Å². The quantitative estimate of drug-likeness (QED) is 0.728. The van der Waals surface area contributed by atoms with Gasteiger partial charge >= 0.3 is 0 Å². The molecule has 0 aliphatic carbocycles. The minimum atomic E-state index is 0.823. The molecular formula is C13H20ClNS. The Kier molecular flexibility index (Phi) is 5.14. The van der Waals surface area contributed by atoms with Crippen LogP contribution in [0.25, 0.3) is 0 Å². The third kappa shape index (κ3) is 3.76. The van der Waals surface area contributed by atoms with Gasteiger partial charge in [-0.2, -0.15) is 0 Å². The fourth-order valence-corrected chi connectivity index (χ4v) is 3.47. The Morgan fingerprint density at radius 3 is 3.19 bits per heavy atom. The summed E-state index contributed by atoms with van der Waals surface area (Å²) in [6.07, 6.45) is 5.14. The molecule has 0 radical (unpaired) electrons. The highest BCUT2D eigenvalue weighted by Crippen LogP contribution is 2.20. The average molecular weight is 258 g/mol. The maximum absolute atomic E-state index is 5.82.